The summed E-state index contributed by atoms with van der Waals surface area (Å²) in [5.41, 5.74) is 19.4. The van der Waals surface area contributed by atoms with Crippen LogP contribution in [0, 0.1) is 0 Å². The summed E-state index contributed by atoms with van der Waals surface area (Å²) in [7, 11) is 0. The Morgan fingerprint density at radius 1 is 0.583 bits per heavy atom. The van der Waals surface area contributed by atoms with Gasteiger partial charge in [-0.1, -0.05) is 72.8 Å². The lowest BCUT2D eigenvalue weighted by atomic mass is 10.1. The van der Waals surface area contributed by atoms with Gasteiger partial charge in [-0.3, -0.25) is 9.59 Å². The molecule has 0 aliphatic heterocycles. The van der Waals surface area contributed by atoms with Gasteiger partial charge in [-0.05, 0) is 48.1 Å². The second-order valence-electron chi connectivity index (χ2n) is 8.14. The maximum atomic E-state index is 12.0. The van der Waals surface area contributed by atoms with Crippen LogP contribution in [0.2, 0.25) is 0 Å². The Labute approximate surface area is 209 Å². The highest BCUT2D eigenvalue weighted by molar-refractivity contribution is 5.78. The van der Waals surface area contributed by atoms with Gasteiger partial charge in [0.25, 0.3) is 0 Å². The van der Waals surface area contributed by atoms with E-state index in [-0.39, 0.29) is 6.42 Å². The molecule has 9 heteroatoms. The summed E-state index contributed by atoms with van der Waals surface area (Å²) in [6.07, 6.45) is 0.985. The van der Waals surface area contributed by atoms with Gasteiger partial charge in [0.1, 0.15) is 23.9 Å². The van der Waals surface area contributed by atoms with Gasteiger partial charge < -0.3 is 32.2 Å². The summed E-state index contributed by atoms with van der Waals surface area (Å²) in [5, 5.41) is 17.3. The van der Waals surface area contributed by atoms with Gasteiger partial charge in [-0.15, -0.1) is 0 Å². The number of rotatable bonds is 10. The van der Waals surface area contributed by atoms with Crippen molar-refractivity contribution in [1.82, 2.24) is 0 Å². The van der Waals surface area contributed by atoms with Crippen LogP contribution in [0.5, 0.6) is 5.75 Å². The summed E-state index contributed by atoms with van der Waals surface area (Å²) in [5.74, 6) is -2.18. The Hall–Kier alpha value is -4.05. The number of hydrogen-bond donors (Lipinski definition) is 5. The molecule has 0 saturated heterocycles. The maximum Gasteiger partial charge on any atom is 0.328 e. The quantitative estimate of drug-likeness (QED) is 0.208. The van der Waals surface area contributed by atoms with E-state index in [4.69, 9.17) is 32.2 Å². The summed E-state index contributed by atoms with van der Waals surface area (Å²) in [6, 6.07) is 22.8. The predicted molar refractivity (Wildman–Crippen MR) is 135 cm³/mol. The third-order valence-electron chi connectivity index (χ3n) is 5.13. The van der Waals surface area contributed by atoms with Crippen LogP contribution < -0.4 is 21.9 Å². The number of ether oxygens (including phenoxy) is 1. The van der Waals surface area contributed by atoms with E-state index >= 15 is 0 Å². The van der Waals surface area contributed by atoms with Gasteiger partial charge in [0, 0.05) is 0 Å². The van der Waals surface area contributed by atoms with Gasteiger partial charge in [0.15, 0.2) is 0 Å². The lowest BCUT2D eigenvalue weighted by molar-refractivity contribution is -0.139. The molecular formula is C27H31N3O6. The van der Waals surface area contributed by atoms with Crippen LogP contribution in [-0.4, -0.2) is 46.2 Å². The molecule has 0 saturated carbocycles. The molecule has 3 aromatic carbocycles. The standard InChI is InChI=1S/C18H20N2O4.C9H11NO2/c19-15(17(21)22)10-13-6-8-14(9-7-13)24-18(23)16(20)11-12-4-2-1-3-5-12;10-8(9(11)12)6-7-4-2-1-3-5-7/h1-9,15-16H,10-11,19-20H2,(H,21,22);1-5,8H,6,10H2,(H,11,12)/t15-,16-;8-/m00/s1. The van der Waals surface area contributed by atoms with E-state index in [0.29, 0.717) is 18.6 Å². The number of carbonyl (C=O) groups is 3. The summed E-state index contributed by atoms with van der Waals surface area (Å²) in [6.45, 7) is 0. The lowest BCUT2D eigenvalue weighted by Gasteiger charge is -2.12. The van der Waals surface area contributed by atoms with Crippen LogP contribution in [0.1, 0.15) is 16.7 Å². The molecule has 190 valence electrons. The number of aliphatic carboxylic acids is 2. The Morgan fingerprint density at radius 2 is 0.944 bits per heavy atom. The van der Waals surface area contributed by atoms with Gasteiger partial charge in [-0.25, -0.2) is 4.79 Å². The molecule has 0 aliphatic carbocycles. The maximum absolute atomic E-state index is 12.0. The number of hydrogen-bond acceptors (Lipinski definition) is 7. The SMILES string of the molecule is N[C@@H](Cc1ccc(OC(=O)[C@@H](N)Cc2ccccc2)cc1)C(=O)O.N[C@@H](Cc1ccccc1)C(=O)O. The summed E-state index contributed by atoms with van der Waals surface area (Å²) >= 11 is 0. The van der Waals surface area contributed by atoms with Gasteiger partial charge in [-0.2, -0.15) is 0 Å². The van der Waals surface area contributed by atoms with Gasteiger partial charge in [0.05, 0.1) is 0 Å². The van der Waals surface area contributed by atoms with Crippen molar-refractivity contribution < 1.29 is 29.3 Å². The fraction of sp³-hybridized carbons (Fsp3) is 0.222. The predicted octanol–water partition coefficient (Wildman–Crippen LogP) is 1.76. The summed E-state index contributed by atoms with van der Waals surface area (Å²) < 4.78 is 5.24. The Bertz CT molecular complexity index is 1110. The average molecular weight is 494 g/mol. The van der Waals surface area contributed by atoms with E-state index in [0.717, 1.165) is 16.7 Å². The molecule has 3 aromatic rings. The first kappa shape index (κ1) is 28.2. The van der Waals surface area contributed by atoms with Crippen molar-refractivity contribution >= 4 is 17.9 Å². The van der Waals surface area contributed by atoms with Crippen molar-refractivity contribution in [2.75, 3.05) is 0 Å². The van der Waals surface area contributed by atoms with Gasteiger partial charge in [0.2, 0.25) is 0 Å². The molecule has 36 heavy (non-hydrogen) atoms. The topological polar surface area (TPSA) is 179 Å². The van der Waals surface area contributed by atoms with Crippen LogP contribution in [-0.2, 0) is 33.6 Å². The zero-order valence-electron chi connectivity index (χ0n) is 19.7. The molecule has 0 fully saturated rings. The first-order chi connectivity index (χ1) is 17.2. The van der Waals surface area contributed by atoms with Gasteiger partial charge >= 0.3 is 17.9 Å². The number of carboxylic acid groups (broad SMARTS) is 2. The van der Waals surface area contributed by atoms with E-state index in [9.17, 15) is 14.4 Å². The second kappa shape index (κ2) is 14.4. The Balaban J connectivity index is 0.000000319. The van der Waals surface area contributed by atoms with Crippen LogP contribution in [0.25, 0.3) is 0 Å². The highest BCUT2D eigenvalue weighted by atomic mass is 16.5. The first-order valence-electron chi connectivity index (χ1n) is 11.3. The number of nitrogens with two attached hydrogens (primary N) is 3. The Kier molecular flexibility index (Phi) is 11.3. The fourth-order valence-corrected chi connectivity index (χ4v) is 3.13. The smallest absolute Gasteiger partial charge is 0.328 e. The van der Waals surface area contributed by atoms with Crippen LogP contribution in [0.15, 0.2) is 84.9 Å². The molecule has 0 bridgehead atoms. The molecule has 0 heterocycles. The minimum atomic E-state index is -1.06. The van der Waals surface area contributed by atoms with Crippen molar-refractivity contribution in [3.05, 3.63) is 102 Å². The number of esters is 1. The third kappa shape index (κ3) is 10.1. The van der Waals surface area contributed by atoms with Crippen molar-refractivity contribution in [2.24, 2.45) is 17.2 Å². The van der Waals surface area contributed by atoms with E-state index in [1.807, 2.05) is 60.7 Å². The third-order valence-corrected chi connectivity index (χ3v) is 5.13. The van der Waals surface area contributed by atoms with Crippen LogP contribution >= 0.6 is 0 Å². The zero-order chi connectivity index (χ0) is 26.5. The number of carboxylic acids is 2. The zero-order valence-corrected chi connectivity index (χ0v) is 19.7. The summed E-state index contributed by atoms with van der Waals surface area (Å²) in [4.78, 5) is 33.1. The minimum absolute atomic E-state index is 0.205. The monoisotopic (exact) mass is 493 g/mol. The van der Waals surface area contributed by atoms with Crippen molar-refractivity contribution in [3.8, 4) is 5.75 Å². The van der Waals surface area contributed by atoms with Crippen molar-refractivity contribution in [1.29, 1.82) is 0 Å². The molecule has 9 nitrogen and oxygen atoms in total. The highest BCUT2D eigenvalue weighted by Gasteiger charge is 2.17. The van der Waals surface area contributed by atoms with E-state index in [1.165, 1.54) is 0 Å². The highest BCUT2D eigenvalue weighted by Crippen LogP contribution is 2.14. The van der Waals surface area contributed by atoms with Crippen LogP contribution in [0.4, 0.5) is 0 Å². The number of carbonyl (C=O) groups excluding carboxylic acids is 1. The lowest BCUT2D eigenvalue weighted by Crippen LogP contribution is -2.36. The molecule has 0 radical (unpaired) electrons. The van der Waals surface area contributed by atoms with Crippen molar-refractivity contribution in [2.45, 2.75) is 37.4 Å². The molecule has 0 aliphatic rings. The van der Waals surface area contributed by atoms with E-state index < -0.39 is 36.0 Å². The minimum Gasteiger partial charge on any atom is -0.480 e. The normalized spacial score (nSPS) is 12.9. The van der Waals surface area contributed by atoms with E-state index in [2.05, 4.69) is 0 Å². The molecule has 0 unspecified atom stereocenters. The molecule has 3 atom stereocenters. The Morgan fingerprint density at radius 3 is 1.33 bits per heavy atom. The number of benzene rings is 3. The first-order valence-corrected chi connectivity index (χ1v) is 11.3. The van der Waals surface area contributed by atoms with E-state index in [1.54, 1.807) is 24.3 Å². The molecule has 3 rings (SSSR count). The average Bonchev–Trinajstić information content (AvgIpc) is 2.86. The molecule has 0 spiro atoms. The molecule has 0 aromatic heterocycles. The van der Waals surface area contributed by atoms with Crippen LogP contribution in [0.3, 0.4) is 0 Å². The molecule has 0 amide bonds. The largest absolute Gasteiger partial charge is 0.480 e. The second-order valence-corrected chi connectivity index (χ2v) is 8.14. The fourth-order valence-electron chi connectivity index (χ4n) is 3.13. The molecule has 8 N–H and O–H groups in total. The van der Waals surface area contributed by atoms with Crippen molar-refractivity contribution in [3.63, 3.8) is 0 Å². The molecular weight excluding hydrogens is 462 g/mol.